The lowest BCUT2D eigenvalue weighted by atomic mass is 10.1. The van der Waals surface area contributed by atoms with E-state index in [0.29, 0.717) is 22.6 Å². The van der Waals surface area contributed by atoms with Crippen molar-refractivity contribution in [3.63, 3.8) is 0 Å². The Labute approximate surface area is 293 Å². The Bertz CT molecular complexity index is 2150. The van der Waals surface area contributed by atoms with Crippen LogP contribution in [0.1, 0.15) is 28.7 Å². The highest BCUT2D eigenvalue weighted by Crippen LogP contribution is 2.31. The van der Waals surface area contributed by atoms with Gasteiger partial charge >= 0.3 is 11.9 Å². The normalized spacial score (nSPS) is 11.3. The monoisotopic (exact) mass is 682 g/mol. The van der Waals surface area contributed by atoms with Crippen LogP contribution in [0.2, 0.25) is 0 Å². The number of benzene rings is 4. The van der Waals surface area contributed by atoms with Gasteiger partial charge in [-0.2, -0.15) is 0 Å². The number of hydrogen-bond donors (Lipinski definition) is 2. The number of allylic oxidation sites excluding steroid dienone is 2. The minimum Gasteiger partial charge on any atom is -0.493 e. The number of methoxy groups -OCH3 is 2. The van der Waals surface area contributed by atoms with Crippen molar-refractivity contribution in [3.05, 3.63) is 132 Å². The Balaban J connectivity index is 1.01. The molecule has 0 aliphatic carbocycles. The van der Waals surface area contributed by atoms with Crippen molar-refractivity contribution < 1.29 is 38.1 Å². The van der Waals surface area contributed by atoms with Crippen molar-refractivity contribution >= 4 is 57.5 Å². The van der Waals surface area contributed by atoms with E-state index in [4.69, 9.17) is 18.9 Å². The van der Waals surface area contributed by atoms with Crippen LogP contribution in [0.15, 0.2) is 109 Å². The van der Waals surface area contributed by atoms with Gasteiger partial charge in [0.2, 0.25) is 0 Å². The molecule has 10 nitrogen and oxygen atoms in total. The molecule has 2 heterocycles. The average molecular weight is 683 g/mol. The number of H-pyrrole nitrogens is 2. The molecule has 6 rings (SSSR count). The van der Waals surface area contributed by atoms with Gasteiger partial charge in [0.15, 0.2) is 34.6 Å². The van der Waals surface area contributed by atoms with Crippen molar-refractivity contribution in [3.8, 4) is 23.0 Å². The Morgan fingerprint density at radius 1 is 0.569 bits per heavy atom. The first-order valence-corrected chi connectivity index (χ1v) is 16.1. The van der Waals surface area contributed by atoms with Crippen LogP contribution in [0.25, 0.3) is 34.0 Å². The molecule has 51 heavy (non-hydrogen) atoms. The van der Waals surface area contributed by atoms with Gasteiger partial charge in [0.05, 0.1) is 33.5 Å². The Kier molecular flexibility index (Phi) is 10.5. The molecule has 0 bridgehead atoms. The van der Waals surface area contributed by atoms with Crippen LogP contribution < -0.4 is 18.9 Å². The highest BCUT2D eigenvalue weighted by molar-refractivity contribution is 6.11. The largest absolute Gasteiger partial charge is 0.493 e. The lowest BCUT2D eigenvalue weighted by molar-refractivity contribution is -0.134. The van der Waals surface area contributed by atoms with Gasteiger partial charge in [-0.05, 0) is 70.8 Å². The Morgan fingerprint density at radius 2 is 1.00 bits per heavy atom. The van der Waals surface area contributed by atoms with Gasteiger partial charge < -0.3 is 28.9 Å². The molecule has 0 radical (unpaired) electrons. The predicted molar refractivity (Wildman–Crippen MR) is 194 cm³/mol. The van der Waals surface area contributed by atoms with Gasteiger partial charge in [0.25, 0.3) is 0 Å². The fourth-order valence-electron chi connectivity index (χ4n) is 5.60. The number of hydrogen-bond acceptors (Lipinski definition) is 8. The molecule has 4 aromatic carbocycles. The second kappa shape index (κ2) is 15.7. The molecule has 0 fully saturated rings. The summed E-state index contributed by atoms with van der Waals surface area (Å²) in [6, 6.07) is 25.2. The molecule has 0 aliphatic heterocycles. The second-order valence-corrected chi connectivity index (χ2v) is 11.6. The number of ether oxygens (including phenoxy) is 4. The van der Waals surface area contributed by atoms with Crippen LogP contribution >= 0.6 is 0 Å². The minimum atomic E-state index is -0.446. The second-order valence-electron chi connectivity index (χ2n) is 11.6. The summed E-state index contributed by atoms with van der Waals surface area (Å²) in [7, 11) is 2.91. The molecule has 2 aromatic heterocycles. The highest BCUT2D eigenvalue weighted by atomic mass is 16.6. The summed E-state index contributed by atoms with van der Waals surface area (Å²) in [5, 5.41) is 1.90. The van der Waals surface area contributed by atoms with E-state index < -0.39 is 23.5 Å². The first-order valence-electron chi connectivity index (χ1n) is 16.1. The summed E-state index contributed by atoms with van der Waals surface area (Å²) in [5.41, 5.74) is 4.76. The first kappa shape index (κ1) is 34.2. The zero-order valence-electron chi connectivity index (χ0n) is 27.9. The van der Waals surface area contributed by atoms with Gasteiger partial charge in [0, 0.05) is 34.2 Å². The predicted octanol–water partition coefficient (Wildman–Crippen LogP) is 7.22. The smallest absolute Gasteiger partial charge is 0.315 e. The average Bonchev–Trinajstić information content (AvgIpc) is 3.74. The number of carbonyl (C=O) groups excluding carboxylic acids is 4. The number of rotatable bonds is 14. The molecule has 6 aromatic rings. The third-order valence-corrected chi connectivity index (χ3v) is 8.11. The van der Waals surface area contributed by atoms with E-state index in [1.165, 1.54) is 26.4 Å². The number of fused-ring (bicyclic) bond motifs is 2. The molecule has 0 unspecified atom stereocenters. The highest BCUT2D eigenvalue weighted by Gasteiger charge is 2.16. The summed E-state index contributed by atoms with van der Waals surface area (Å²) < 4.78 is 22.0. The minimum absolute atomic E-state index is 0.0766. The molecule has 0 spiro atoms. The van der Waals surface area contributed by atoms with E-state index in [1.807, 2.05) is 48.5 Å². The van der Waals surface area contributed by atoms with Gasteiger partial charge in [-0.25, -0.2) is 0 Å². The summed E-state index contributed by atoms with van der Waals surface area (Å²) in [4.78, 5) is 56.8. The fraction of sp³-hybridized carbons (Fsp3) is 0.122. The van der Waals surface area contributed by atoms with E-state index in [-0.39, 0.29) is 30.8 Å². The fourth-order valence-corrected chi connectivity index (χ4v) is 5.60. The van der Waals surface area contributed by atoms with Crippen LogP contribution in [0.5, 0.6) is 23.0 Å². The van der Waals surface area contributed by atoms with Crippen molar-refractivity contribution in [2.75, 3.05) is 14.2 Å². The topological polar surface area (TPSA) is 137 Å². The lowest BCUT2D eigenvalue weighted by Gasteiger charge is -2.10. The molecule has 0 saturated heterocycles. The van der Waals surface area contributed by atoms with Crippen LogP contribution in [-0.4, -0.2) is 47.7 Å². The third kappa shape index (κ3) is 8.49. The number of aromatic amines is 2. The lowest BCUT2D eigenvalue weighted by Crippen LogP contribution is -2.11. The van der Waals surface area contributed by atoms with Crippen molar-refractivity contribution in [2.24, 2.45) is 0 Å². The number of nitrogens with one attached hydrogen (secondary N) is 2. The Morgan fingerprint density at radius 3 is 1.43 bits per heavy atom. The van der Waals surface area contributed by atoms with Crippen molar-refractivity contribution in [2.45, 2.75) is 19.3 Å². The van der Waals surface area contributed by atoms with Crippen molar-refractivity contribution in [1.82, 2.24) is 9.97 Å². The van der Waals surface area contributed by atoms with Crippen LogP contribution in [0.3, 0.4) is 0 Å². The molecular formula is C41H34N2O8. The molecule has 2 N–H and O–H groups in total. The van der Waals surface area contributed by atoms with E-state index in [1.54, 1.807) is 60.9 Å². The molecule has 0 amide bonds. The van der Waals surface area contributed by atoms with Crippen LogP contribution in [0, 0.1) is 0 Å². The zero-order valence-corrected chi connectivity index (χ0v) is 27.9. The summed E-state index contributed by atoms with van der Waals surface area (Å²) in [6.07, 6.45) is 9.13. The number of esters is 2. The van der Waals surface area contributed by atoms with E-state index in [9.17, 15) is 19.2 Å². The van der Waals surface area contributed by atoms with Gasteiger partial charge in [-0.1, -0.05) is 60.7 Å². The Hall–Kier alpha value is -6.68. The van der Waals surface area contributed by atoms with Gasteiger partial charge in [-0.15, -0.1) is 0 Å². The van der Waals surface area contributed by atoms with Crippen molar-refractivity contribution in [1.29, 1.82) is 0 Å². The maximum absolute atomic E-state index is 12.7. The number of ketones is 2. The zero-order chi connectivity index (χ0) is 35.7. The molecular weight excluding hydrogens is 648 g/mol. The van der Waals surface area contributed by atoms with Crippen LogP contribution in [0.4, 0.5) is 0 Å². The molecule has 0 aliphatic rings. The van der Waals surface area contributed by atoms with E-state index in [2.05, 4.69) is 9.97 Å². The number of para-hydroxylation sites is 2. The van der Waals surface area contributed by atoms with Crippen LogP contribution in [-0.2, 0) is 32.0 Å². The van der Waals surface area contributed by atoms with E-state index >= 15 is 0 Å². The standard InChI is InChI=1S/C41H34N2O8/c1-48-38-19-26(13-17-36(38)50-40(46)21-28-24-42-34-9-5-3-7-32(28)34)11-15-30(44)23-31(45)16-12-27-14-18-37(39(20-27)49-2)51-41(47)22-29-25-43-35-10-6-4-8-33(29)35/h3-20,24-25,42-43H,21-23H2,1-2H3/b15-11+,16-12+. The summed E-state index contributed by atoms with van der Waals surface area (Å²) >= 11 is 0. The molecule has 0 saturated carbocycles. The molecule has 0 atom stereocenters. The van der Waals surface area contributed by atoms with Gasteiger partial charge in [0.1, 0.15) is 0 Å². The van der Waals surface area contributed by atoms with Gasteiger partial charge in [-0.3, -0.25) is 19.2 Å². The third-order valence-electron chi connectivity index (χ3n) is 8.11. The molecule has 10 heteroatoms. The SMILES string of the molecule is COc1cc(/C=C/C(=O)CC(=O)/C=C/c2ccc(OC(=O)Cc3c[nH]c4ccccc34)c(OC)c2)ccc1OC(=O)Cc1c[nH]c2ccccc12. The maximum Gasteiger partial charge on any atom is 0.315 e. The number of aromatic nitrogens is 2. The number of carbonyl (C=O) groups is 4. The molecule has 256 valence electrons. The summed E-state index contributed by atoms with van der Waals surface area (Å²) in [6.45, 7) is 0. The quantitative estimate of drug-likeness (QED) is 0.0532. The summed E-state index contributed by atoms with van der Waals surface area (Å²) in [5.74, 6) is -0.543. The maximum atomic E-state index is 12.7. The first-order chi connectivity index (χ1) is 24.8. The van der Waals surface area contributed by atoms with E-state index in [0.717, 1.165) is 32.9 Å².